The minimum absolute atomic E-state index is 0.0449. The molecule has 4 amide bonds. The monoisotopic (exact) mass is 697 g/mol. The Kier molecular flexibility index (Phi) is 11.3. The molecular weight excluding hydrogens is 649 g/mol. The molecule has 1 aliphatic carbocycles. The highest BCUT2D eigenvalue weighted by Gasteiger charge is 2.39. The van der Waals surface area contributed by atoms with Gasteiger partial charge in [0.25, 0.3) is 11.8 Å². The maximum Gasteiger partial charge on any atom is 0.254 e. The number of likely N-dealkylation sites (N-methyl/N-ethyl adjacent to an activating group) is 2. The number of ether oxygens (including phenoxy) is 1. The molecule has 3 aliphatic rings. The minimum atomic E-state index is -0.977. The third-order valence-corrected chi connectivity index (χ3v) is 10.3. The molecular formula is C40H48FN5O5. The summed E-state index contributed by atoms with van der Waals surface area (Å²) in [5.74, 6) is -1.02. The van der Waals surface area contributed by atoms with Gasteiger partial charge in [-0.2, -0.15) is 0 Å². The maximum absolute atomic E-state index is 14.6. The number of hydrogen-bond donors (Lipinski definition) is 1. The highest BCUT2D eigenvalue weighted by molar-refractivity contribution is 6.00. The molecule has 1 N–H and O–H groups in total. The number of carbonyl (C=O) groups is 4. The Labute approximate surface area is 299 Å². The van der Waals surface area contributed by atoms with E-state index in [1.807, 2.05) is 42.5 Å². The number of anilines is 1. The zero-order chi connectivity index (χ0) is 36.1. The molecule has 0 radical (unpaired) electrons. The minimum Gasteiger partial charge on any atom is -0.489 e. The summed E-state index contributed by atoms with van der Waals surface area (Å²) >= 11 is 0. The molecule has 11 heteroatoms. The van der Waals surface area contributed by atoms with Gasteiger partial charge in [-0.25, -0.2) is 4.39 Å². The van der Waals surface area contributed by atoms with Crippen LogP contribution in [0.2, 0.25) is 0 Å². The second kappa shape index (κ2) is 16.1. The van der Waals surface area contributed by atoms with Crippen LogP contribution in [0, 0.1) is 5.82 Å². The van der Waals surface area contributed by atoms with Crippen molar-refractivity contribution in [3.63, 3.8) is 0 Å². The summed E-state index contributed by atoms with van der Waals surface area (Å²) in [7, 11) is 3.79. The Hall–Kier alpha value is -4.77. The predicted molar refractivity (Wildman–Crippen MR) is 193 cm³/mol. The molecule has 2 atom stereocenters. The van der Waals surface area contributed by atoms with Crippen LogP contribution < -0.4 is 10.1 Å². The molecule has 270 valence electrons. The van der Waals surface area contributed by atoms with Gasteiger partial charge in [-0.1, -0.05) is 49.6 Å². The fourth-order valence-electron chi connectivity index (χ4n) is 7.64. The van der Waals surface area contributed by atoms with Crippen molar-refractivity contribution < 1.29 is 28.3 Å². The number of nitrogens with zero attached hydrogens (tertiary/aromatic N) is 4. The van der Waals surface area contributed by atoms with E-state index in [0.29, 0.717) is 12.1 Å². The molecule has 2 aliphatic heterocycles. The van der Waals surface area contributed by atoms with Crippen LogP contribution in [0.1, 0.15) is 83.2 Å². The number of nitrogens with one attached hydrogen (secondary N) is 1. The van der Waals surface area contributed by atoms with Crippen molar-refractivity contribution >= 4 is 29.3 Å². The first kappa shape index (κ1) is 36.0. The SMILES string of the molecule is CC(=O)Nc1cc(F)cc(C(=O)N2CCN(C(=O)c3ccc(O[C@H]4CCN(C)C4)c(C4CCCCC4)c3)C(C(=O)N(C)Cc3ccccc3)C2)c1. The van der Waals surface area contributed by atoms with Crippen LogP contribution in [0.15, 0.2) is 66.7 Å². The number of halogens is 1. The van der Waals surface area contributed by atoms with Crippen molar-refractivity contribution in [2.45, 2.75) is 70.1 Å². The van der Waals surface area contributed by atoms with Crippen LogP contribution in [0.4, 0.5) is 10.1 Å². The molecule has 2 saturated heterocycles. The molecule has 0 bridgehead atoms. The topological polar surface area (TPSA) is 102 Å². The second-order valence-corrected chi connectivity index (χ2v) is 14.2. The smallest absolute Gasteiger partial charge is 0.254 e. The van der Waals surface area contributed by atoms with Gasteiger partial charge in [0.05, 0.1) is 6.54 Å². The molecule has 0 aromatic heterocycles. The molecule has 51 heavy (non-hydrogen) atoms. The Morgan fingerprint density at radius 1 is 0.863 bits per heavy atom. The van der Waals surface area contributed by atoms with Crippen molar-refractivity contribution in [2.24, 2.45) is 0 Å². The summed E-state index contributed by atoms with van der Waals surface area (Å²) in [6, 6.07) is 18.0. The number of likely N-dealkylation sites (tertiary alicyclic amines) is 1. The van der Waals surface area contributed by atoms with Crippen LogP contribution in [0.3, 0.4) is 0 Å². The standard InChI is InChI=1S/C40H48FN5O5/c1-27(47)42-33-21-31(20-32(41)23-33)38(48)45-18-19-46(36(26-45)40(50)44(3)24-28-10-6-4-7-11-28)39(49)30-14-15-37(51-34-16-17-43(2)25-34)35(22-30)29-12-8-5-9-13-29/h4,6-7,10-11,14-15,20-23,29,34,36H,5,8-9,12-13,16-19,24-26H2,1-3H3,(H,42,47)/t34-,36?/m0/s1. The molecule has 10 nitrogen and oxygen atoms in total. The van der Waals surface area contributed by atoms with Gasteiger partial charge in [-0.05, 0) is 79.8 Å². The van der Waals surface area contributed by atoms with Crippen LogP contribution in [-0.4, -0.2) is 102 Å². The van der Waals surface area contributed by atoms with Crippen LogP contribution in [0.5, 0.6) is 5.75 Å². The van der Waals surface area contributed by atoms with Gasteiger partial charge < -0.3 is 29.7 Å². The lowest BCUT2D eigenvalue weighted by Gasteiger charge is -2.42. The summed E-state index contributed by atoms with van der Waals surface area (Å²) < 4.78 is 21.1. The van der Waals surface area contributed by atoms with Crippen molar-refractivity contribution in [2.75, 3.05) is 52.1 Å². The Morgan fingerprint density at radius 3 is 2.33 bits per heavy atom. The molecule has 0 spiro atoms. The fraction of sp³-hybridized carbons (Fsp3) is 0.450. The summed E-state index contributed by atoms with van der Waals surface area (Å²) in [5.41, 5.74) is 2.68. The lowest BCUT2D eigenvalue weighted by Crippen LogP contribution is -2.61. The van der Waals surface area contributed by atoms with Crippen molar-refractivity contribution in [1.82, 2.24) is 19.6 Å². The van der Waals surface area contributed by atoms with E-state index in [1.165, 1.54) is 24.3 Å². The van der Waals surface area contributed by atoms with Crippen molar-refractivity contribution in [3.8, 4) is 5.75 Å². The number of hydrogen-bond acceptors (Lipinski definition) is 6. The number of benzene rings is 3. The highest BCUT2D eigenvalue weighted by atomic mass is 19.1. The van der Waals surface area contributed by atoms with E-state index in [-0.39, 0.29) is 54.7 Å². The summed E-state index contributed by atoms with van der Waals surface area (Å²) in [4.78, 5) is 61.0. The van der Waals surface area contributed by atoms with Gasteiger partial charge in [0.15, 0.2) is 0 Å². The van der Waals surface area contributed by atoms with Gasteiger partial charge in [-0.15, -0.1) is 0 Å². The molecule has 2 heterocycles. The molecule has 6 rings (SSSR count). The van der Waals surface area contributed by atoms with Gasteiger partial charge >= 0.3 is 0 Å². The van der Waals surface area contributed by atoms with E-state index < -0.39 is 23.7 Å². The largest absolute Gasteiger partial charge is 0.489 e. The van der Waals surface area contributed by atoms with Crippen LogP contribution >= 0.6 is 0 Å². The first-order valence-electron chi connectivity index (χ1n) is 18.0. The summed E-state index contributed by atoms with van der Waals surface area (Å²) in [6.45, 7) is 3.66. The number of amides is 4. The average Bonchev–Trinajstić information content (AvgIpc) is 3.54. The van der Waals surface area contributed by atoms with Gasteiger partial charge in [0.2, 0.25) is 11.8 Å². The zero-order valence-corrected chi connectivity index (χ0v) is 29.8. The highest BCUT2D eigenvalue weighted by Crippen LogP contribution is 2.39. The van der Waals surface area contributed by atoms with E-state index in [1.54, 1.807) is 22.9 Å². The fourth-order valence-corrected chi connectivity index (χ4v) is 7.64. The van der Waals surface area contributed by atoms with E-state index in [9.17, 15) is 23.6 Å². The lowest BCUT2D eigenvalue weighted by atomic mass is 9.83. The Balaban J connectivity index is 1.29. The lowest BCUT2D eigenvalue weighted by molar-refractivity contribution is -0.137. The van der Waals surface area contributed by atoms with E-state index in [0.717, 1.165) is 74.2 Å². The van der Waals surface area contributed by atoms with E-state index in [4.69, 9.17) is 4.74 Å². The quantitative estimate of drug-likeness (QED) is 0.315. The molecule has 3 fully saturated rings. The van der Waals surface area contributed by atoms with E-state index in [2.05, 4.69) is 17.3 Å². The van der Waals surface area contributed by atoms with Crippen LogP contribution in [-0.2, 0) is 16.1 Å². The summed E-state index contributed by atoms with van der Waals surface area (Å²) in [5, 5.41) is 2.53. The van der Waals surface area contributed by atoms with Gasteiger partial charge in [0, 0.05) is 63.5 Å². The maximum atomic E-state index is 14.6. The first-order chi connectivity index (χ1) is 24.5. The number of rotatable bonds is 9. The number of carbonyl (C=O) groups excluding carboxylic acids is 4. The molecule has 3 aromatic carbocycles. The van der Waals surface area contributed by atoms with Gasteiger partial charge in [0.1, 0.15) is 23.7 Å². The first-order valence-corrected chi connectivity index (χ1v) is 18.0. The zero-order valence-electron chi connectivity index (χ0n) is 29.8. The third-order valence-electron chi connectivity index (χ3n) is 10.3. The van der Waals surface area contributed by atoms with Gasteiger partial charge in [-0.3, -0.25) is 19.2 Å². The molecule has 1 saturated carbocycles. The van der Waals surface area contributed by atoms with Crippen molar-refractivity contribution in [3.05, 3.63) is 94.8 Å². The average molecular weight is 698 g/mol. The molecule has 3 aromatic rings. The summed E-state index contributed by atoms with van der Waals surface area (Å²) in [6.07, 6.45) is 6.59. The predicted octanol–water partition coefficient (Wildman–Crippen LogP) is 5.54. The van der Waals surface area contributed by atoms with Crippen molar-refractivity contribution in [1.29, 1.82) is 0 Å². The third kappa shape index (κ3) is 8.76. The van der Waals surface area contributed by atoms with E-state index >= 15 is 0 Å². The molecule has 1 unspecified atom stereocenters. The second-order valence-electron chi connectivity index (χ2n) is 14.2. The van der Waals surface area contributed by atoms with Crippen LogP contribution in [0.25, 0.3) is 0 Å². The Morgan fingerprint density at radius 2 is 1.63 bits per heavy atom. The number of piperazine rings is 1. The Bertz CT molecular complexity index is 1750. The normalized spacial score (nSPS) is 19.8.